The summed E-state index contributed by atoms with van der Waals surface area (Å²) in [5.41, 5.74) is 9.33. The van der Waals surface area contributed by atoms with Gasteiger partial charge in [-0.05, 0) is 47.9 Å². The summed E-state index contributed by atoms with van der Waals surface area (Å²) in [6.07, 6.45) is 2.04. The lowest BCUT2D eigenvalue weighted by Crippen LogP contribution is -1.97. The standard InChI is InChI=1S/C32H25N3/c1-21(2)22-16-18-24(19-17-22)35-28-15-9-7-13-26(28)31-32(35)30-25-12-6-8-14-27(25)34(29(30)20-33-31)23-10-4-3-5-11-23/h3-21H,1-2H3. The van der Waals surface area contributed by atoms with E-state index >= 15 is 0 Å². The third-order valence-electron chi connectivity index (χ3n) is 7.14. The molecular formula is C32H25N3. The van der Waals surface area contributed by atoms with Gasteiger partial charge in [0, 0.05) is 27.5 Å². The number of nitrogens with zero attached hydrogens (tertiary/aromatic N) is 3. The van der Waals surface area contributed by atoms with E-state index in [9.17, 15) is 0 Å². The minimum atomic E-state index is 0.499. The molecule has 3 nitrogen and oxygen atoms in total. The fourth-order valence-corrected chi connectivity index (χ4v) is 5.47. The van der Waals surface area contributed by atoms with Gasteiger partial charge in [-0.3, -0.25) is 4.98 Å². The molecule has 0 spiro atoms. The van der Waals surface area contributed by atoms with E-state index in [0.717, 1.165) is 27.9 Å². The van der Waals surface area contributed by atoms with Crippen LogP contribution in [-0.2, 0) is 0 Å². The van der Waals surface area contributed by atoms with Crippen LogP contribution in [-0.4, -0.2) is 14.1 Å². The third-order valence-corrected chi connectivity index (χ3v) is 7.14. The maximum atomic E-state index is 5.07. The first-order chi connectivity index (χ1) is 17.2. The monoisotopic (exact) mass is 451 g/mol. The maximum absolute atomic E-state index is 5.07. The van der Waals surface area contributed by atoms with Gasteiger partial charge in [0.2, 0.25) is 0 Å². The summed E-state index contributed by atoms with van der Waals surface area (Å²) in [6.45, 7) is 4.47. The van der Waals surface area contributed by atoms with E-state index < -0.39 is 0 Å². The van der Waals surface area contributed by atoms with Crippen LogP contribution in [0, 0.1) is 0 Å². The fraction of sp³-hybridized carbons (Fsp3) is 0.0938. The normalized spacial score (nSPS) is 12.0. The van der Waals surface area contributed by atoms with E-state index in [2.05, 4.69) is 126 Å². The van der Waals surface area contributed by atoms with Gasteiger partial charge < -0.3 is 9.13 Å². The largest absolute Gasteiger partial charge is 0.308 e. The summed E-state index contributed by atoms with van der Waals surface area (Å²) in [4.78, 5) is 5.07. The second-order valence-corrected chi connectivity index (χ2v) is 9.50. The molecule has 0 saturated carbocycles. The van der Waals surface area contributed by atoms with Crippen LogP contribution in [0.25, 0.3) is 55.1 Å². The van der Waals surface area contributed by atoms with Crippen LogP contribution >= 0.6 is 0 Å². The number of pyridine rings is 1. The van der Waals surface area contributed by atoms with Crippen molar-refractivity contribution in [3.05, 3.63) is 115 Å². The van der Waals surface area contributed by atoms with Gasteiger partial charge in [0.05, 0.1) is 33.8 Å². The molecule has 0 radical (unpaired) electrons. The fourth-order valence-electron chi connectivity index (χ4n) is 5.47. The van der Waals surface area contributed by atoms with E-state index in [1.54, 1.807) is 0 Å². The number of hydrogen-bond donors (Lipinski definition) is 0. The Morgan fingerprint density at radius 3 is 1.89 bits per heavy atom. The lowest BCUT2D eigenvalue weighted by Gasteiger charge is -2.11. The van der Waals surface area contributed by atoms with Crippen LogP contribution in [0.3, 0.4) is 0 Å². The predicted octanol–water partition coefficient (Wildman–Crippen LogP) is 8.40. The molecular weight excluding hydrogens is 426 g/mol. The summed E-state index contributed by atoms with van der Waals surface area (Å²) in [6, 6.07) is 36.9. The molecule has 3 heterocycles. The first-order valence-electron chi connectivity index (χ1n) is 12.2. The van der Waals surface area contributed by atoms with Gasteiger partial charge in [-0.15, -0.1) is 0 Å². The molecule has 0 bridgehead atoms. The number of fused-ring (bicyclic) bond motifs is 7. The van der Waals surface area contributed by atoms with Crippen LogP contribution in [0.5, 0.6) is 0 Å². The van der Waals surface area contributed by atoms with E-state index in [-0.39, 0.29) is 0 Å². The molecule has 3 heteroatoms. The minimum absolute atomic E-state index is 0.499. The molecule has 0 amide bonds. The minimum Gasteiger partial charge on any atom is -0.308 e. The van der Waals surface area contributed by atoms with Crippen molar-refractivity contribution in [2.75, 3.05) is 0 Å². The third kappa shape index (κ3) is 2.88. The summed E-state index contributed by atoms with van der Waals surface area (Å²) < 4.78 is 4.73. The number of benzene rings is 4. The van der Waals surface area contributed by atoms with Crippen molar-refractivity contribution < 1.29 is 0 Å². The van der Waals surface area contributed by atoms with Gasteiger partial charge in [-0.25, -0.2) is 0 Å². The van der Waals surface area contributed by atoms with E-state index in [0.29, 0.717) is 5.92 Å². The summed E-state index contributed by atoms with van der Waals surface area (Å²) in [5, 5.41) is 3.65. The Bertz CT molecular complexity index is 1850. The average Bonchev–Trinajstić information content (AvgIpc) is 3.42. The van der Waals surface area contributed by atoms with Gasteiger partial charge in [0.1, 0.15) is 0 Å². The van der Waals surface area contributed by atoms with Crippen molar-refractivity contribution in [3.63, 3.8) is 0 Å². The number of rotatable bonds is 3. The highest BCUT2D eigenvalue weighted by molar-refractivity contribution is 6.24. The van der Waals surface area contributed by atoms with E-state index in [4.69, 9.17) is 4.98 Å². The van der Waals surface area contributed by atoms with Gasteiger partial charge in [-0.2, -0.15) is 0 Å². The Kier molecular flexibility index (Phi) is 4.34. The zero-order valence-corrected chi connectivity index (χ0v) is 19.8. The summed E-state index contributed by atoms with van der Waals surface area (Å²) in [7, 11) is 0. The van der Waals surface area contributed by atoms with Crippen molar-refractivity contribution in [1.82, 2.24) is 14.1 Å². The van der Waals surface area contributed by atoms with Gasteiger partial charge >= 0.3 is 0 Å². The van der Waals surface area contributed by atoms with Crippen molar-refractivity contribution in [3.8, 4) is 11.4 Å². The Labute approximate surface area is 203 Å². The zero-order valence-electron chi connectivity index (χ0n) is 19.8. The van der Waals surface area contributed by atoms with Gasteiger partial charge in [0.25, 0.3) is 0 Å². The molecule has 0 atom stereocenters. The SMILES string of the molecule is CC(C)c1ccc(-n2c3ccccc3c3ncc4c(c5ccccc5n4-c4ccccc4)c32)cc1. The average molecular weight is 452 g/mol. The molecule has 35 heavy (non-hydrogen) atoms. The van der Waals surface area contributed by atoms with Gasteiger partial charge in [0.15, 0.2) is 0 Å². The van der Waals surface area contributed by atoms with Crippen LogP contribution < -0.4 is 0 Å². The molecule has 0 aliphatic heterocycles. The molecule has 0 saturated heterocycles. The van der Waals surface area contributed by atoms with Crippen molar-refractivity contribution >= 4 is 43.7 Å². The molecule has 0 aliphatic rings. The van der Waals surface area contributed by atoms with Crippen molar-refractivity contribution in [2.24, 2.45) is 0 Å². The van der Waals surface area contributed by atoms with Crippen LogP contribution in [0.4, 0.5) is 0 Å². The first kappa shape index (κ1) is 20.0. The quantitative estimate of drug-likeness (QED) is 0.264. The topological polar surface area (TPSA) is 22.8 Å². The van der Waals surface area contributed by atoms with Crippen molar-refractivity contribution in [1.29, 1.82) is 0 Å². The van der Waals surface area contributed by atoms with Gasteiger partial charge in [-0.1, -0.05) is 80.6 Å². The molecule has 0 fully saturated rings. The zero-order chi connectivity index (χ0) is 23.5. The highest BCUT2D eigenvalue weighted by Crippen LogP contribution is 2.40. The Hall–Kier alpha value is -4.37. The smallest absolute Gasteiger partial charge is 0.0971 e. The number of para-hydroxylation sites is 3. The van der Waals surface area contributed by atoms with Crippen LogP contribution in [0.2, 0.25) is 0 Å². The highest BCUT2D eigenvalue weighted by Gasteiger charge is 2.21. The molecule has 0 unspecified atom stereocenters. The molecule has 168 valence electrons. The summed E-state index contributed by atoms with van der Waals surface area (Å²) >= 11 is 0. The molecule has 3 aromatic heterocycles. The number of aromatic nitrogens is 3. The van der Waals surface area contributed by atoms with Crippen molar-refractivity contribution in [2.45, 2.75) is 19.8 Å². The molecule has 4 aromatic carbocycles. The lowest BCUT2D eigenvalue weighted by molar-refractivity contribution is 0.866. The Morgan fingerprint density at radius 1 is 0.571 bits per heavy atom. The second-order valence-electron chi connectivity index (χ2n) is 9.50. The highest BCUT2D eigenvalue weighted by atomic mass is 15.0. The summed E-state index contributed by atoms with van der Waals surface area (Å²) in [5.74, 6) is 0.499. The first-order valence-corrected chi connectivity index (χ1v) is 12.2. The molecule has 7 aromatic rings. The van der Waals surface area contributed by atoms with Crippen LogP contribution in [0.15, 0.2) is 109 Å². The number of hydrogen-bond acceptors (Lipinski definition) is 1. The van der Waals surface area contributed by atoms with E-state index in [1.165, 1.54) is 32.8 Å². The van der Waals surface area contributed by atoms with Crippen LogP contribution in [0.1, 0.15) is 25.3 Å². The van der Waals surface area contributed by atoms with E-state index in [1.807, 2.05) is 6.20 Å². The lowest BCUT2D eigenvalue weighted by atomic mass is 10.0. The predicted molar refractivity (Wildman–Crippen MR) is 147 cm³/mol. The Morgan fingerprint density at radius 2 is 1.17 bits per heavy atom. The molecule has 7 rings (SSSR count). The second kappa shape index (κ2) is 7.57. The molecule has 0 N–H and O–H groups in total. The Balaban J connectivity index is 1.69. The maximum Gasteiger partial charge on any atom is 0.0971 e. The molecule has 0 aliphatic carbocycles.